The minimum absolute atomic E-state index is 0.0702. The summed E-state index contributed by atoms with van der Waals surface area (Å²) in [5.41, 5.74) is 2.05. The number of hydrogen-bond donors (Lipinski definition) is 1. The lowest BCUT2D eigenvalue weighted by atomic mass is 10.1. The van der Waals surface area contributed by atoms with Crippen LogP contribution < -0.4 is 10.3 Å². The van der Waals surface area contributed by atoms with Crippen LogP contribution in [0, 0.1) is 6.92 Å². The van der Waals surface area contributed by atoms with Gasteiger partial charge in [0.15, 0.2) is 5.75 Å². The molecule has 1 aromatic carbocycles. The van der Waals surface area contributed by atoms with Gasteiger partial charge in [-0.2, -0.15) is 0 Å². The van der Waals surface area contributed by atoms with Crippen LogP contribution in [0.4, 0.5) is 0 Å². The number of benzene rings is 1. The number of aromatic nitrogens is 1. The van der Waals surface area contributed by atoms with Crippen molar-refractivity contribution >= 4 is 0 Å². The molecule has 0 spiro atoms. The van der Waals surface area contributed by atoms with Gasteiger partial charge >= 0.3 is 0 Å². The van der Waals surface area contributed by atoms with Crippen LogP contribution in [0.3, 0.4) is 0 Å². The van der Waals surface area contributed by atoms with Crippen molar-refractivity contribution < 1.29 is 9.84 Å². The number of rotatable bonds is 6. The van der Waals surface area contributed by atoms with Gasteiger partial charge in [-0.25, -0.2) is 0 Å². The number of pyridine rings is 1. The molecule has 2 rings (SSSR count). The quantitative estimate of drug-likeness (QED) is 0.877. The van der Waals surface area contributed by atoms with Crippen molar-refractivity contribution in [1.29, 1.82) is 0 Å². The highest BCUT2D eigenvalue weighted by Gasteiger charge is 2.05. The number of aliphatic hydroxyl groups is 1. The summed E-state index contributed by atoms with van der Waals surface area (Å²) >= 11 is 0. The van der Waals surface area contributed by atoms with Crippen LogP contribution in [0.25, 0.3) is 0 Å². The molecule has 1 N–H and O–H groups in total. The third-order valence-electron chi connectivity index (χ3n) is 3.19. The highest BCUT2D eigenvalue weighted by molar-refractivity contribution is 5.26. The molecule has 2 aromatic rings. The van der Waals surface area contributed by atoms with Gasteiger partial charge in [0, 0.05) is 19.3 Å². The third-order valence-corrected chi connectivity index (χ3v) is 3.19. The van der Waals surface area contributed by atoms with Crippen LogP contribution >= 0.6 is 0 Å². The fraction of sp³-hybridized carbons (Fsp3) is 0.312. The first-order chi connectivity index (χ1) is 9.72. The summed E-state index contributed by atoms with van der Waals surface area (Å²) in [5.74, 6) is 0.341. The van der Waals surface area contributed by atoms with Gasteiger partial charge in [-0.15, -0.1) is 0 Å². The normalized spacial score (nSPS) is 10.5. The highest BCUT2D eigenvalue weighted by atomic mass is 16.5. The minimum Gasteiger partial charge on any atom is -0.483 e. The maximum absolute atomic E-state index is 12.1. The van der Waals surface area contributed by atoms with Crippen LogP contribution in [-0.4, -0.2) is 16.3 Å². The Morgan fingerprint density at radius 3 is 2.75 bits per heavy atom. The van der Waals surface area contributed by atoms with E-state index in [0.717, 1.165) is 11.1 Å². The van der Waals surface area contributed by atoms with E-state index in [4.69, 9.17) is 9.84 Å². The molecule has 4 heteroatoms. The highest BCUT2D eigenvalue weighted by Crippen LogP contribution is 2.11. The molecule has 0 atom stereocenters. The zero-order valence-corrected chi connectivity index (χ0v) is 11.6. The Hall–Kier alpha value is -2.07. The van der Waals surface area contributed by atoms with Gasteiger partial charge in [-0.1, -0.05) is 24.3 Å². The average Bonchev–Trinajstić information content (AvgIpc) is 2.46. The molecule has 1 aromatic heterocycles. The molecule has 1 heterocycles. The molecule has 0 aliphatic carbocycles. The van der Waals surface area contributed by atoms with E-state index in [0.29, 0.717) is 25.3 Å². The Kier molecular flexibility index (Phi) is 4.96. The predicted molar refractivity (Wildman–Crippen MR) is 77.9 cm³/mol. The summed E-state index contributed by atoms with van der Waals surface area (Å²) in [6.45, 7) is 2.97. The molecule has 4 nitrogen and oxygen atoms in total. The average molecular weight is 273 g/mol. The van der Waals surface area contributed by atoms with Crippen LogP contribution in [0.2, 0.25) is 0 Å². The molecule has 0 aliphatic heterocycles. The first-order valence-electron chi connectivity index (χ1n) is 6.70. The monoisotopic (exact) mass is 273 g/mol. The molecule has 106 valence electrons. The second kappa shape index (κ2) is 6.91. The zero-order valence-electron chi connectivity index (χ0n) is 11.6. The van der Waals surface area contributed by atoms with Crippen molar-refractivity contribution in [2.45, 2.75) is 26.5 Å². The van der Waals surface area contributed by atoms with Crippen molar-refractivity contribution in [3.05, 3.63) is 64.1 Å². The van der Waals surface area contributed by atoms with E-state index < -0.39 is 0 Å². The summed E-state index contributed by atoms with van der Waals surface area (Å²) in [6.07, 6.45) is 2.26. The Balaban J connectivity index is 2.10. The van der Waals surface area contributed by atoms with Crippen LogP contribution in [-0.2, 0) is 13.2 Å². The third kappa shape index (κ3) is 3.48. The summed E-state index contributed by atoms with van der Waals surface area (Å²) in [6, 6.07) is 11.4. The van der Waals surface area contributed by atoms with Gasteiger partial charge in [-0.05, 0) is 36.6 Å². The molecular formula is C16H19NO3. The molecule has 20 heavy (non-hydrogen) atoms. The van der Waals surface area contributed by atoms with Crippen molar-refractivity contribution in [3.63, 3.8) is 0 Å². The first-order valence-corrected chi connectivity index (χ1v) is 6.70. The van der Waals surface area contributed by atoms with Crippen molar-refractivity contribution in [1.82, 2.24) is 4.57 Å². The van der Waals surface area contributed by atoms with E-state index in [2.05, 4.69) is 0 Å². The van der Waals surface area contributed by atoms with E-state index in [1.807, 2.05) is 31.2 Å². The molecule has 0 saturated heterocycles. The zero-order chi connectivity index (χ0) is 14.4. The van der Waals surface area contributed by atoms with Crippen LogP contribution in [0.5, 0.6) is 5.75 Å². The number of ether oxygens (including phenoxy) is 1. The van der Waals surface area contributed by atoms with Crippen LogP contribution in [0.1, 0.15) is 17.5 Å². The molecule has 0 radical (unpaired) electrons. The SMILES string of the molecule is Cc1ccccc1COc1cccn(CCCO)c1=O. The van der Waals surface area contributed by atoms with Gasteiger partial charge in [0.2, 0.25) is 0 Å². The van der Waals surface area contributed by atoms with E-state index in [9.17, 15) is 4.79 Å². The Morgan fingerprint density at radius 2 is 2.00 bits per heavy atom. The molecule has 0 fully saturated rings. The van der Waals surface area contributed by atoms with E-state index in [1.54, 1.807) is 22.9 Å². The lowest BCUT2D eigenvalue weighted by molar-refractivity contribution is 0.275. The minimum atomic E-state index is -0.158. The topological polar surface area (TPSA) is 51.5 Å². The summed E-state index contributed by atoms with van der Waals surface area (Å²) in [7, 11) is 0. The van der Waals surface area contributed by atoms with Gasteiger partial charge in [-0.3, -0.25) is 4.79 Å². The van der Waals surface area contributed by atoms with Gasteiger partial charge in [0.25, 0.3) is 5.56 Å². The predicted octanol–water partition coefficient (Wildman–Crippen LogP) is 2.12. The van der Waals surface area contributed by atoms with Crippen molar-refractivity contribution in [2.24, 2.45) is 0 Å². The maximum atomic E-state index is 12.1. The van der Waals surface area contributed by atoms with Gasteiger partial charge < -0.3 is 14.4 Å². The van der Waals surface area contributed by atoms with Crippen LogP contribution in [0.15, 0.2) is 47.4 Å². The molecule has 0 aliphatic rings. The largest absolute Gasteiger partial charge is 0.483 e. The fourth-order valence-corrected chi connectivity index (χ4v) is 1.97. The standard InChI is InChI=1S/C16H19NO3/c1-13-6-2-3-7-14(13)12-20-15-8-4-9-17(16(15)19)10-5-11-18/h2-4,6-9,18H,5,10-12H2,1H3. The molecule has 0 bridgehead atoms. The fourth-order valence-electron chi connectivity index (χ4n) is 1.97. The maximum Gasteiger partial charge on any atom is 0.292 e. The second-order valence-corrected chi connectivity index (χ2v) is 4.66. The van der Waals surface area contributed by atoms with E-state index in [-0.39, 0.29) is 12.2 Å². The summed E-state index contributed by atoms with van der Waals surface area (Å²) in [4.78, 5) is 12.1. The smallest absolute Gasteiger partial charge is 0.292 e. The Bertz CT molecular complexity index is 619. The van der Waals surface area contributed by atoms with E-state index in [1.165, 1.54) is 0 Å². The van der Waals surface area contributed by atoms with Gasteiger partial charge in [0.1, 0.15) is 6.61 Å². The lowest BCUT2D eigenvalue weighted by Gasteiger charge is -2.10. The number of nitrogens with zero attached hydrogens (tertiary/aromatic N) is 1. The Morgan fingerprint density at radius 1 is 1.20 bits per heavy atom. The number of hydrogen-bond acceptors (Lipinski definition) is 3. The van der Waals surface area contributed by atoms with Crippen molar-refractivity contribution in [3.8, 4) is 5.75 Å². The molecule has 0 saturated carbocycles. The molecular weight excluding hydrogens is 254 g/mol. The van der Waals surface area contributed by atoms with Crippen molar-refractivity contribution in [2.75, 3.05) is 6.61 Å². The Labute approximate surface area is 118 Å². The summed E-state index contributed by atoms with van der Waals surface area (Å²) < 4.78 is 7.19. The molecule has 0 amide bonds. The molecule has 0 unspecified atom stereocenters. The van der Waals surface area contributed by atoms with E-state index >= 15 is 0 Å². The number of aryl methyl sites for hydroxylation is 2. The second-order valence-electron chi connectivity index (χ2n) is 4.66. The summed E-state index contributed by atoms with van der Waals surface area (Å²) in [5, 5.41) is 8.82. The number of aliphatic hydroxyl groups excluding tert-OH is 1. The lowest BCUT2D eigenvalue weighted by Crippen LogP contribution is -2.21. The van der Waals surface area contributed by atoms with Gasteiger partial charge in [0.05, 0.1) is 0 Å². The first kappa shape index (κ1) is 14.3.